The average molecular weight is 295 g/mol. The molecule has 1 heterocycles. The van der Waals surface area contributed by atoms with Gasteiger partial charge in [-0.15, -0.1) is 0 Å². The number of hydrogen-bond donors (Lipinski definition) is 0. The van der Waals surface area contributed by atoms with Crippen molar-refractivity contribution in [2.24, 2.45) is 5.92 Å². The highest BCUT2D eigenvalue weighted by Crippen LogP contribution is 2.36. The Morgan fingerprint density at radius 3 is 2.36 bits per heavy atom. The minimum Gasteiger partial charge on any atom is -0.378 e. The first-order chi connectivity index (χ1) is 10.7. The molecule has 0 spiro atoms. The van der Waals surface area contributed by atoms with Crippen LogP contribution in [0.2, 0.25) is 0 Å². The second-order valence-electron chi connectivity index (χ2n) is 5.90. The molecule has 2 aromatic carbocycles. The molecule has 1 aliphatic heterocycles. The number of carbonyl (C=O) groups is 1. The molecule has 22 heavy (non-hydrogen) atoms. The van der Waals surface area contributed by atoms with Crippen LogP contribution < -0.4 is 4.90 Å². The quantitative estimate of drug-likeness (QED) is 0.805. The monoisotopic (exact) mass is 295 g/mol. The Morgan fingerprint density at radius 1 is 1.05 bits per heavy atom. The summed E-state index contributed by atoms with van der Waals surface area (Å²) < 4.78 is 5.83. The SMILES string of the molecule is CN(C)c1ccc(C(=O)[C@@H]2CCO[C@H]2c2ccccc2)cc1. The third kappa shape index (κ3) is 2.90. The molecule has 0 N–H and O–H groups in total. The van der Waals surface area contributed by atoms with Crippen molar-refractivity contribution in [3.8, 4) is 0 Å². The highest BCUT2D eigenvalue weighted by Gasteiger charge is 2.35. The molecule has 3 heteroatoms. The molecule has 0 saturated carbocycles. The third-order valence-corrected chi connectivity index (χ3v) is 4.22. The lowest BCUT2D eigenvalue weighted by Crippen LogP contribution is -2.19. The van der Waals surface area contributed by atoms with Crippen LogP contribution in [-0.2, 0) is 4.74 Å². The van der Waals surface area contributed by atoms with Crippen LogP contribution in [0.15, 0.2) is 54.6 Å². The number of anilines is 1. The van der Waals surface area contributed by atoms with Gasteiger partial charge in [-0.05, 0) is 36.2 Å². The van der Waals surface area contributed by atoms with Gasteiger partial charge in [-0.2, -0.15) is 0 Å². The molecule has 0 unspecified atom stereocenters. The van der Waals surface area contributed by atoms with E-state index < -0.39 is 0 Å². The van der Waals surface area contributed by atoms with Gasteiger partial charge in [-0.1, -0.05) is 30.3 Å². The van der Waals surface area contributed by atoms with Crippen molar-refractivity contribution in [2.45, 2.75) is 12.5 Å². The summed E-state index contributed by atoms with van der Waals surface area (Å²) in [7, 11) is 3.99. The smallest absolute Gasteiger partial charge is 0.168 e. The van der Waals surface area contributed by atoms with Gasteiger partial charge in [0.1, 0.15) is 0 Å². The second kappa shape index (κ2) is 6.32. The summed E-state index contributed by atoms with van der Waals surface area (Å²) in [5.41, 5.74) is 2.95. The van der Waals surface area contributed by atoms with Crippen molar-refractivity contribution in [3.63, 3.8) is 0 Å². The van der Waals surface area contributed by atoms with E-state index in [-0.39, 0.29) is 17.8 Å². The van der Waals surface area contributed by atoms with E-state index >= 15 is 0 Å². The van der Waals surface area contributed by atoms with Crippen LogP contribution in [0.3, 0.4) is 0 Å². The highest BCUT2D eigenvalue weighted by atomic mass is 16.5. The van der Waals surface area contributed by atoms with Crippen molar-refractivity contribution in [2.75, 3.05) is 25.6 Å². The second-order valence-corrected chi connectivity index (χ2v) is 5.90. The fraction of sp³-hybridized carbons (Fsp3) is 0.316. The number of ether oxygens (including phenoxy) is 1. The van der Waals surface area contributed by atoms with E-state index in [1.54, 1.807) is 0 Å². The van der Waals surface area contributed by atoms with Gasteiger partial charge in [0, 0.05) is 32.0 Å². The Bertz CT molecular complexity index is 634. The van der Waals surface area contributed by atoms with Crippen molar-refractivity contribution < 1.29 is 9.53 Å². The van der Waals surface area contributed by atoms with Crippen molar-refractivity contribution in [3.05, 3.63) is 65.7 Å². The zero-order chi connectivity index (χ0) is 15.5. The van der Waals surface area contributed by atoms with E-state index in [1.165, 1.54) is 0 Å². The summed E-state index contributed by atoms with van der Waals surface area (Å²) in [6, 6.07) is 17.8. The molecule has 0 aliphatic carbocycles. The van der Waals surface area contributed by atoms with Gasteiger partial charge in [0.15, 0.2) is 5.78 Å². The van der Waals surface area contributed by atoms with Gasteiger partial charge >= 0.3 is 0 Å². The van der Waals surface area contributed by atoms with Crippen LogP contribution in [0.25, 0.3) is 0 Å². The van der Waals surface area contributed by atoms with Crippen LogP contribution in [0.4, 0.5) is 5.69 Å². The molecule has 0 radical (unpaired) electrons. The van der Waals surface area contributed by atoms with Gasteiger partial charge < -0.3 is 9.64 Å². The molecule has 1 aliphatic rings. The molecule has 3 nitrogen and oxygen atoms in total. The maximum absolute atomic E-state index is 12.8. The van der Waals surface area contributed by atoms with Gasteiger partial charge in [0.05, 0.1) is 12.0 Å². The Morgan fingerprint density at radius 2 is 1.73 bits per heavy atom. The zero-order valence-corrected chi connectivity index (χ0v) is 13.0. The number of rotatable bonds is 4. The fourth-order valence-electron chi connectivity index (χ4n) is 2.97. The van der Waals surface area contributed by atoms with Crippen LogP contribution in [0, 0.1) is 5.92 Å². The molecule has 3 rings (SSSR count). The van der Waals surface area contributed by atoms with E-state index in [2.05, 4.69) is 0 Å². The Labute approximate surface area is 131 Å². The van der Waals surface area contributed by atoms with Crippen molar-refractivity contribution >= 4 is 11.5 Å². The molecule has 1 saturated heterocycles. The van der Waals surface area contributed by atoms with Gasteiger partial charge in [-0.25, -0.2) is 0 Å². The van der Waals surface area contributed by atoms with E-state index in [1.807, 2.05) is 73.6 Å². The van der Waals surface area contributed by atoms with Gasteiger partial charge in [0.25, 0.3) is 0 Å². The van der Waals surface area contributed by atoms with Gasteiger partial charge in [-0.3, -0.25) is 4.79 Å². The summed E-state index contributed by atoms with van der Waals surface area (Å²) in [4.78, 5) is 14.8. The number of carbonyl (C=O) groups excluding carboxylic acids is 1. The normalized spacial score (nSPS) is 20.8. The molecule has 0 aromatic heterocycles. The molecule has 114 valence electrons. The number of nitrogens with zero attached hydrogens (tertiary/aromatic N) is 1. The molecule has 2 atom stereocenters. The maximum atomic E-state index is 12.8. The average Bonchev–Trinajstić information content (AvgIpc) is 3.04. The number of ketones is 1. The third-order valence-electron chi connectivity index (χ3n) is 4.22. The van der Waals surface area contributed by atoms with Crippen LogP contribution in [0.1, 0.15) is 28.4 Å². The number of Topliss-reactive ketones (excluding diaryl/α,β-unsaturated/α-hetero) is 1. The topological polar surface area (TPSA) is 29.5 Å². The minimum absolute atomic E-state index is 0.0902. The molecular formula is C19H21NO2. The molecular weight excluding hydrogens is 274 g/mol. The van der Waals surface area contributed by atoms with Crippen LogP contribution >= 0.6 is 0 Å². The summed E-state index contributed by atoms with van der Waals surface area (Å²) in [5.74, 6) is 0.0873. The molecule has 2 aromatic rings. The predicted octanol–water partition coefficient (Wildman–Crippen LogP) is 3.71. The van der Waals surface area contributed by atoms with Gasteiger partial charge in [0.2, 0.25) is 0 Å². The molecule has 0 bridgehead atoms. The summed E-state index contributed by atoms with van der Waals surface area (Å²) >= 11 is 0. The Balaban J connectivity index is 1.81. The summed E-state index contributed by atoms with van der Waals surface area (Å²) in [5, 5.41) is 0. The van der Waals surface area contributed by atoms with E-state index in [9.17, 15) is 4.79 Å². The van der Waals surface area contributed by atoms with Crippen molar-refractivity contribution in [1.82, 2.24) is 0 Å². The number of benzene rings is 2. The molecule has 0 amide bonds. The number of hydrogen-bond acceptors (Lipinski definition) is 3. The highest BCUT2D eigenvalue weighted by molar-refractivity contribution is 5.98. The van der Waals surface area contributed by atoms with Crippen LogP contribution in [0.5, 0.6) is 0 Å². The fourth-order valence-corrected chi connectivity index (χ4v) is 2.97. The van der Waals surface area contributed by atoms with Crippen molar-refractivity contribution in [1.29, 1.82) is 0 Å². The predicted molar refractivity (Wildman–Crippen MR) is 88.3 cm³/mol. The summed E-state index contributed by atoms with van der Waals surface area (Å²) in [6.45, 7) is 0.645. The first kappa shape index (κ1) is 14.8. The summed E-state index contributed by atoms with van der Waals surface area (Å²) in [6.07, 6.45) is 0.663. The minimum atomic E-state index is -0.123. The van der Waals surface area contributed by atoms with E-state index in [0.717, 1.165) is 23.2 Å². The first-order valence-electron chi connectivity index (χ1n) is 7.65. The maximum Gasteiger partial charge on any atom is 0.168 e. The lowest BCUT2D eigenvalue weighted by atomic mass is 9.88. The first-order valence-corrected chi connectivity index (χ1v) is 7.65. The zero-order valence-electron chi connectivity index (χ0n) is 13.0. The lowest BCUT2D eigenvalue weighted by molar-refractivity contribution is 0.0701. The Kier molecular flexibility index (Phi) is 4.25. The lowest BCUT2D eigenvalue weighted by Gasteiger charge is -2.18. The molecule has 1 fully saturated rings. The standard InChI is InChI=1S/C19H21NO2/c1-20(2)16-10-8-14(9-11-16)18(21)17-12-13-22-19(17)15-6-4-3-5-7-15/h3-11,17,19H,12-13H2,1-2H3/t17-,19-/m0/s1. The van der Waals surface area contributed by atoms with E-state index in [4.69, 9.17) is 4.74 Å². The van der Waals surface area contributed by atoms with Crippen LogP contribution in [-0.4, -0.2) is 26.5 Å². The Hall–Kier alpha value is -2.13. The van der Waals surface area contributed by atoms with E-state index in [0.29, 0.717) is 6.61 Å². The largest absolute Gasteiger partial charge is 0.378 e.